The molecular weight excluding hydrogens is 359 g/mol. The van der Waals surface area contributed by atoms with Crippen molar-refractivity contribution in [2.24, 2.45) is 0 Å². The molecule has 22 heavy (non-hydrogen) atoms. The Morgan fingerprint density at radius 3 is 2.64 bits per heavy atom. The van der Waals surface area contributed by atoms with Crippen LogP contribution in [-0.2, 0) is 24.2 Å². The van der Waals surface area contributed by atoms with Gasteiger partial charge in [0.05, 0.1) is 25.4 Å². The van der Waals surface area contributed by atoms with Crippen molar-refractivity contribution in [3.63, 3.8) is 0 Å². The van der Waals surface area contributed by atoms with Gasteiger partial charge in [0.25, 0.3) is 0 Å². The Hall–Kier alpha value is -1.29. The average molecular weight is 378 g/mol. The van der Waals surface area contributed by atoms with Gasteiger partial charge in [-0.15, -0.1) is 4.79 Å². The van der Waals surface area contributed by atoms with E-state index in [1.807, 2.05) is 36.9 Å². The van der Waals surface area contributed by atoms with Crippen LogP contribution in [0, 0.1) is 0 Å². The molecule has 8 heteroatoms. The summed E-state index contributed by atoms with van der Waals surface area (Å²) in [5.41, 5.74) is 9.77. The molecule has 1 saturated heterocycles. The molecule has 2 rings (SSSR count). The second-order valence-corrected chi connectivity index (χ2v) is 4.26. The number of anilines is 1. The number of halogens is 1. The van der Waals surface area contributed by atoms with E-state index < -0.39 is 0 Å². The number of hydrogen-bond acceptors (Lipinski definition) is 4. The van der Waals surface area contributed by atoms with Gasteiger partial charge in [0.2, 0.25) is 0 Å². The van der Waals surface area contributed by atoms with Crippen molar-refractivity contribution in [3.05, 3.63) is 23.7 Å². The second-order valence-electron chi connectivity index (χ2n) is 4.26. The monoisotopic (exact) mass is 376 g/mol. The van der Waals surface area contributed by atoms with Gasteiger partial charge in [0.15, 0.2) is 6.54 Å². The Labute approximate surface area is 149 Å². The van der Waals surface area contributed by atoms with Crippen molar-refractivity contribution in [1.82, 2.24) is 0 Å². The predicted molar refractivity (Wildman–Crippen MR) is 75.6 cm³/mol. The molecule has 1 aromatic rings. The number of benzene rings is 1. The molecule has 1 aliphatic heterocycles. The van der Waals surface area contributed by atoms with Gasteiger partial charge in [-0.1, -0.05) is 0 Å². The first kappa shape index (κ1) is 20.7. The third kappa shape index (κ3) is 5.17. The van der Waals surface area contributed by atoms with E-state index in [9.17, 15) is 0 Å². The summed E-state index contributed by atoms with van der Waals surface area (Å²) in [6.07, 6.45) is 0. The smallest absolute Gasteiger partial charge is 1.00 e. The van der Waals surface area contributed by atoms with E-state index >= 15 is 0 Å². The minimum atomic E-state index is 0. The van der Waals surface area contributed by atoms with Crippen LogP contribution in [0.1, 0.15) is 13.8 Å². The van der Waals surface area contributed by atoms with Crippen molar-refractivity contribution < 1.29 is 50.9 Å². The normalized spacial score (nSPS) is 13.2. The van der Waals surface area contributed by atoms with Crippen molar-refractivity contribution in [2.75, 3.05) is 37.8 Å². The zero-order chi connectivity index (χ0) is 14.4. The third-order valence-electron chi connectivity index (χ3n) is 2.95. The third-order valence-corrected chi connectivity index (χ3v) is 2.95. The van der Waals surface area contributed by atoms with E-state index in [0.717, 1.165) is 17.2 Å². The maximum absolute atomic E-state index is 8.85. The molecule has 6 nitrogen and oxygen atoms in total. The molecule has 0 saturated carbocycles. The SMILES string of the molecule is CCOc1ccc(OCC)c(N2CCOC(=[N+]=[N-])C2)c1.[Cl-].[Zn+2]. The second kappa shape index (κ2) is 10.4. The predicted octanol–water partition coefficient (Wildman–Crippen LogP) is -1.05. The van der Waals surface area contributed by atoms with Crippen LogP contribution in [0.25, 0.3) is 5.53 Å². The largest absolute Gasteiger partial charge is 2.00 e. The van der Waals surface area contributed by atoms with Crippen LogP contribution >= 0.6 is 0 Å². The van der Waals surface area contributed by atoms with Crippen molar-refractivity contribution >= 4 is 11.6 Å². The number of rotatable bonds is 5. The Morgan fingerprint density at radius 1 is 1.27 bits per heavy atom. The maximum Gasteiger partial charge on any atom is 2.00 e. The van der Waals surface area contributed by atoms with Crippen LogP contribution in [0.15, 0.2) is 18.2 Å². The average Bonchev–Trinajstić information content (AvgIpc) is 2.49. The molecule has 1 fully saturated rings. The van der Waals surface area contributed by atoms with Gasteiger partial charge in [-0.05, 0) is 26.0 Å². The van der Waals surface area contributed by atoms with Gasteiger partial charge >= 0.3 is 25.4 Å². The van der Waals surface area contributed by atoms with Gasteiger partial charge < -0.3 is 37.0 Å². The summed E-state index contributed by atoms with van der Waals surface area (Å²) in [5.74, 6) is 1.88. The van der Waals surface area contributed by atoms with Crippen LogP contribution in [-0.4, -0.2) is 43.6 Å². The maximum atomic E-state index is 8.85. The van der Waals surface area contributed by atoms with E-state index in [4.69, 9.17) is 19.7 Å². The molecule has 0 spiro atoms. The molecule has 0 radical (unpaired) electrons. The van der Waals surface area contributed by atoms with Gasteiger partial charge in [0.1, 0.15) is 18.1 Å². The molecule has 1 heterocycles. The molecule has 0 unspecified atom stereocenters. The Kier molecular flexibility index (Phi) is 9.83. The Balaban J connectivity index is 0.00000220. The quantitative estimate of drug-likeness (QED) is 0.373. The summed E-state index contributed by atoms with van der Waals surface area (Å²) < 4.78 is 16.4. The van der Waals surface area contributed by atoms with E-state index in [1.165, 1.54) is 0 Å². The number of morpholine rings is 1. The topological polar surface area (TPSA) is 67.3 Å². The van der Waals surface area contributed by atoms with Crippen molar-refractivity contribution in [2.45, 2.75) is 13.8 Å². The molecule has 116 valence electrons. The van der Waals surface area contributed by atoms with Crippen molar-refractivity contribution in [3.8, 4) is 11.5 Å². The van der Waals surface area contributed by atoms with Gasteiger partial charge in [-0.25, -0.2) is 0 Å². The van der Waals surface area contributed by atoms with E-state index in [-0.39, 0.29) is 31.9 Å². The van der Waals surface area contributed by atoms with E-state index in [2.05, 4.69) is 4.79 Å². The summed E-state index contributed by atoms with van der Waals surface area (Å²) in [7, 11) is 0. The molecule has 0 aromatic heterocycles. The zero-order valence-electron chi connectivity index (χ0n) is 12.9. The molecule has 0 bridgehead atoms. The molecule has 0 amide bonds. The summed E-state index contributed by atoms with van der Waals surface area (Å²) in [5, 5.41) is 0. The number of hydrogen-bond donors (Lipinski definition) is 0. The van der Waals surface area contributed by atoms with Crippen LogP contribution in [0.5, 0.6) is 11.5 Å². The first-order valence-electron chi connectivity index (χ1n) is 6.76. The minimum absolute atomic E-state index is 0. The van der Waals surface area contributed by atoms with E-state index in [1.54, 1.807) is 0 Å². The summed E-state index contributed by atoms with van der Waals surface area (Å²) in [6, 6.07) is 5.73. The molecule has 1 aliphatic rings. The zero-order valence-corrected chi connectivity index (χ0v) is 16.6. The van der Waals surface area contributed by atoms with Gasteiger partial charge in [-0.3, -0.25) is 0 Å². The van der Waals surface area contributed by atoms with Gasteiger partial charge in [-0.2, -0.15) is 0 Å². The van der Waals surface area contributed by atoms with Crippen LogP contribution < -0.4 is 26.8 Å². The van der Waals surface area contributed by atoms with Crippen LogP contribution in [0.3, 0.4) is 0 Å². The first-order chi connectivity index (χ1) is 9.78. The summed E-state index contributed by atoms with van der Waals surface area (Å²) in [4.78, 5) is 5.19. The fourth-order valence-corrected chi connectivity index (χ4v) is 2.11. The molecule has 1 aromatic carbocycles. The molecule has 0 atom stereocenters. The fourth-order valence-electron chi connectivity index (χ4n) is 2.11. The fraction of sp³-hybridized carbons (Fsp3) is 0.500. The van der Waals surface area contributed by atoms with Crippen LogP contribution in [0.4, 0.5) is 5.69 Å². The van der Waals surface area contributed by atoms with Crippen molar-refractivity contribution in [1.29, 1.82) is 0 Å². The van der Waals surface area contributed by atoms with Crippen LogP contribution in [0.2, 0.25) is 0 Å². The summed E-state index contributed by atoms with van der Waals surface area (Å²) >= 11 is 0. The number of nitrogens with zero attached hydrogens (tertiary/aromatic N) is 3. The summed E-state index contributed by atoms with van der Waals surface area (Å²) in [6.45, 7) is 6.68. The molecule has 0 N–H and O–H groups in total. The minimum Gasteiger partial charge on any atom is -1.00 e. The standard InChI is InChI=1S/C14H19N3O3.ClH.Zn/c1-3-18-11-5-6-13(19-4-2)12(9-11)17-7-8-20-14(10-17)16-15;;/h5-6,9H,3-4,7-8,10H2,1-2H3;1H;/q;;+2/p-1. The number of ether oxygens (including phenoxy) is 3. The Morgan fingerprint density at radius 2 is 2.00 bits per heavy atom. The molecular formula is C14H19ClN3O3Zn+. The first-order valence-corrected chi connectivity index (χ1v) is 6.76. The molecule has 0 aliphatic carbocycles. The van der Waals surface area contributed by atoms with Gasteiger partial charge in [0, 0.05) is 6.07 Å². The van der Waals surface area contributed by atoms with E-state index in [0.29, 0.717) is 38.8 Å². The Bertz CT molecular complexity index is 524.